The van der Waals surface area contributed by atoms with Gasteiger partial charge in [0, 0.05) is 13.0 Å². The van der Waals surface area contributed by atoms with Gasteiger partial charge in [0.1, 0.15) is 5.60 Å². The lowest BCUT2D eigenvalue weighted by Crippen LogP contribution is -2.39. The normalized spacial score (nSPS) is 14.4. The van der Waals surface area contributed by atoms with E-state index in [2.05, 4.69) is 0 Å². The van der Waals surface area contributed by atoms with Gasteiger partial charge in [0.05, 0.1) is 0 Å². The van der Waals surface area contributed by atoms with Gasteiger partial charge in [-0.2, -0.15) is 0 Å². The standard InChI is InChI=1S/C15H22O2/c1-5-15(4,17-6-2)14(16)11-13-9-7-12(3)8-10-13/h7-10H,5-6,11H2,1-4H3. The summed E-state index contributed by atoms with van der Waals surface area (Å²) in [4.78, 5) is 12.2. The number of Topliss-reactive ketones (excluding diaryl/α,β-unsaturated/α-hetero) is 1. The summed E-state index contributed by atoms with van der Waals surface area (Å²) in [6.07, 6.45) is 1.16. The summed E-state index contributed by atoms with van der Waals surface area (Å²) in [5.74, 6) is 0.158. The maximum Gasteiger partial charge on any atom is 0.168 e. The highest BCUT2D eigenvalue weighted by Crippen LogP contribution is 2.19. The molecule has 17 heavy (non-hydrogen) atoms. The first kappa shape index (κ1) is 13.9. The summed E-state index contributed by atoms with van der Waals surface area (Å²) < 4.78 is 5.59. The van der Waals surface area contributed by atoms with Gasteiger partial charge < -0.3 is 4.74 Å². The molecule has 0 heterocycles. The largest absolute Gasteiger partial charge is 0.368 e. The SMILES string of the molecule is CCOC(C)(CC)C(=O)Cc1ccc(C)cc1. The van der Waals surface area contributed by atoms with Crippen molar-refractivity contribution in [3.05, 3.63) is 35.4 Å². The van der Waals surface area contributed by atoms with Gasteiger partial charge in [0.2, 0.25) is 0 Å². The molecule has 1 unspecified atom stereocenters. The van der Waals surface area contributed by atoms with Crippen LogP contribution in [0, 0.1) is 6.92 Å². The van der Waals surface area contributed by atoms with Crippen molar-refractivity contribution in [1.29, 1.82) is 0 Å². The van der Waals surface area contributed by atoms with Crippen LogP contribution in [0.2, 0.25) is 0 Å². The van der Waals surface area contributed by atoms with Crippen LogP contribution in [-0.4, -0.2) is 18.0 Å². The summed E-state index contributed by atoms with van der Waals surface area (Å²) in [5.41, 5.74) is 1.63. The molecule has 0 fully saturated rings. The van der Waals surface area contributed by atoms with Crippen LogP contribution in [0.1, 0.15) is 38.3 Å². The fourth-order valence-corrected chi connectivity index (χ4v) is 1.78. The van der Waals surface area contributed by atoms with Gasteiger partial charge in [-0.3, -0.25) is 4.79 Å². The van der Waals surface area contributed by atoms with Crippen LogP contribution >= 0.6 is 0 Å². The number of carbonyl (C=O) groups excluding carboxylic acids is 1. The second kappa shape index (κ2) is 5.97. The van der Waals surface area contributed by atoms with Crippen molar-refractivity contribution in [3.8, 4) is 0 Å². The lowest BCUT2D eigenvalue weighted by molar-refractivity contribution is -0.141. The monoisotopic (exact) mass is 234 g/mol. The molecule has 0 amide bonds. The second-order valence-corrected chi connectivity index (χ2v) is 4.60. The van der Waals surface area contributed by atoms with Gasteiger partial charge in [-0.25, -0.2) is 0 Å². The Hall–Kier alpha value is -1.15. The molecule has 0 saturated heterocycles. The van der Waals surface area contributed by atoms with E-state index < -0.39 is 5.60 Å². The summed E-state index contributed by atoms with van der Waals surface area (Å²) in [6.45, 7) is 8.41. The molecule has 0 N–H and O–H groups in total. The lowest BCUT2D eigenvalue weighted by Gasteiger charge is -2.26. The first-order chi connectivity index (χ1) is 8.01. The van der Waals surface area contributed by atoms with Gasteiger partial charge in [-0.15, -0.1) is 0 Å². The van der Waals surface area contributed by atoms with Crippen LogP contribution in [0.5, 0.6) is 0 Å². The van der Waals surface area contributed by atoms with Crippen molar-refractivity contribution in [2.45, 2.75) is 46.1 Å². The Labute approximate surface area is 104 Å². The average Bonchev–Trinajstić information content (AvgIpc) is 2.32. The quantitative estimate of drug-likeness (QED) is 0.754. The summed E-state index contributed by atoms with van der Waals surface area (Å²) in [7, 11) is 0. The Morgan fingerprint density at radius 3 is 2.29 bits per heavy atom. The van der Waals surface area contributed by atoms with E-state index >= 15 is 0 Å². The molecule has 0 aliphatic carbocycles. The molecule has 0 radical (unpaired) electrons. The summed E-state index contributed by atoms with van der Waals surface area (Å²) in [5, 5.41) is 0. The van der Waals surface area contributed by atoms with Crippen LogP contribution < -0.4 is 0 Å². The van der Waals surface area contributed by atoms with Gasteiger partial charge in [0.25, 0.3) is 0 Å². The predicted molar refractivity (Wildman–Crippen MR) is 70.2 cm³/mol. The fraction of sp³-hybridized carbons (Fsp3) is 0.533. The molecule has 1 rings (SSSR count). The minimum absolute atomic E-state index is 0.158. The van der Waals surface area contributed by atoms with E-state index in [0.717, 1.165) is 5.56 Å². The minimum atomic E-state index is -0.639. The van der Waals surface area contributed by atoms with E-state index in [1.807, 2.05) is 52.0 Å². The van der Waals surface area contributed by atoms with Crippen LogP contribution in [0.4, 0.5) is 0 Å². The third-order valence-electron chi connectivity index (χ3n) is 3.21. The van der Waals surface area contributed by atoms with Crippen molar-refractivity contribution in [2.75, 3.05) is 6.61 Å². The molecule has 0 bridgehead atoms. The minimum Gasteiger partial charge on any atom is -0.368 e. The molecule has 0 aliphatic rings. The third kappa shape index (κ3) is 3.67. The van der Waals surface area contributed by atoms with Crippen LogP contribution in [0.3, 0.4) is 0 Å². The van der Waals surface area contributed by atoms with E-state index in [1.54, 1.807) is 0 Å². The molecule has 0 aliphatic heterocycles. The third-order valence-corrected chi connectivity index (χ3v) is 3.21. The maximum absolute atomic E-state index is 12.2. The zero-order valence-corrected chi connectivity index (χ0v) is 11.2. The van der Waals surface area contributed by atoms with Gasteiger partial charge in [0.15, 0.2) is 5.78 Å². The first-order valence-corrected chi connectivity index (χ1v) is 6.24. The highest BCUT2D eigenvalue weighted by molar-refractivity contribution is 5.88. The second-order valence-electron chi connectivity index (χ2n) is 4.60. The predicted octanol–water partition coefficient (Wildman–Crippen LogP) is 3.31. The molecule has 1 atom stereocenters. The van der Waals surface area contributed by atoms with Gasteiger partial charge in [-0.05, 0) is 32.8 Å². The smallest absolute Gasteiger partial charge is 0.168 e. The highest BCUT2D eigenvalue weighted by atomic mass is 16.5. The molecule has 2 nitrogen and oxygen atoms in total. The van der Waals surface area contributed by atoms with Crippen molar-refractivity contribution >= 4 is 5.78 Å². The molecule has 0 spiro atoms. The Balaban J connectivity index is 2.73. The number of aryl methyl sites for hydroxylation is 1. The van der Waals surface area contributed by atoms with E-state index in [1.165, 1.54) is 5.56 Å². The van der Waals surface area contributed by atoms with Crippen molar-refractivity contribution in [2.24, 2.45) is 0 Å². The first-order valence-electron chi connectivity index (χ1n) is 6.24. The molecule has 2 heteroatoms. The van der Waals surface area contributed by atoms with Crippen LogP contribution in [0.15, 0.2) is 24.3 Å². The van der Waals surface area contributed by atoms with E-state index in [0.29, 0.717) is 19.4 Å². The zero-order valence-electron chi connectivity index (χ0n) is 11.2. The fourth-order valence-electron chi connectivity index (χ4n) is 1.78. The van der Waals surface area contributed by atoms with Gasteiger partial charge >= 0.3 is 0 Å². The molecule has 0 aromatic heterocycles. The number of hydrogen-bond acceptors (Lipinski definition) is 2. The highest BCUT2D eigenvalue weighted by Gasteiger charge is 2.31. The maximum atomic E-state index is 12.2. The topological polar surface area (TPSA) is 26.3 Å². The van der Waals surface area contributed by atoms with Crippen molar-refractivity contribution in [1.82, 2.24) is 0 Å². The molecule has 1 aromatic carbocycles. The van der Waals surface area contributed by atoms with E-state index in [-0.39, 0.29) is 5.78 Å². The Kier molecular flexibility index (Phi) is 4.88. The number of ether oxygens (including phenoxy) is 1. The van der Waals surface area contributed by atoms with Crippen LogP contribution in [0.25, 0.3) is 0 Å². The Bertz CT molecular complexity index is 367. The number of rotatable bonds is 6. The van der Waals surface area contributed by atoms with Crippen molar-refractivity contribution < 1.29 is 9.53 Å². The number of benzene rings is 1. The Morgan fingerprint density at radius 2 is 1.82 bits per heavy atom. The molecule has 1 aromatic rings. The number of carbonyl (C=O) groups is 1. The van der Waals surface area contributed by atoms with E-state index in [9.17, 15) is 4.79 Å². The molecular weight excluding hydrogens is 212 g/mol. The molecular formula is C15H22O2. The average molecular weight is 234 g/mol. The zero-order chi connectivity index (χ0) is 12.9. The molecule has 0 saturated carbocycles. The summed E-state index contributed by atoms with van der Waals surface area (Å²) >= 11 is 0. The summed E-state index contributed by atoms with van der Waals surface area (Å²) in [6, 6.07) is 8.09. The Morgan fingerprint density at radius 1 is 1.24 bits per heavy atom. The molecule has 94 valence electrons. The van der Waals surface area contributed by atoms with Crippen molar-refractivity contribution in [3.63, 3.8) is 0 Å². The van der Waals surface area contributed by atoms with Gasteiger partial charge in [-0.1, -0.05) is 36.8 Å². The van der Waals surface area contributed by atoms with E-state index in [4.69, 9.17) is 4.74 Å². The number of ketones is 1. The lowest BCUT2D eigenvalue weighted by atomic mass is 9.92. The van der Waals surface area contributed by atoms with Crippen LogP contribution in [-0.2, 0) is 16.0 Å². The number of hydrogen-bond donors (Lipinski definition) is 0.